The van der Waals surface area contributed by atoms with E-state index < -0.39 is 0 Å². The molecule has 108 valence electrons. The summed E-state index contributed by atoms with van der Waals surface area (Å²) in [6.45, 7) is 4.87. The molecule has 2 aromatic rings. The average Bonchev–Trinajstić information content (AvgIpc) is 2.87. The zero-order valence-corrected chi connectivity index (χ0v) is 13.4. The molecule has 0 spiro atoms. The lowest BCUT2D eigenvalue weighted by Gasteiger charge is -2.11. The Morgan fingerprint density at radius 1 is 1.30 bits per heavy atom. The van der Waals surface area contributed by atoms with Gasteiger partial charge in [0.2, 0.25) is 5.89 Å². The summed E-state index contributed by atoms with van der Waals surface area (Å²) >= 11 is 3.53. The van der Waals surface area contributed by atoms with Crippen LogP contribution in [0.5, 0.6) is 0 Å². The highest BCUT2D eigenvalue weighted by atomic mass is 79.9. The highest BCUT2D eigenvalue weighted by molar-refractivity contribution is 9.10. The van der Waals surface area contributed by atoms with E-state index in [1.807, 2.05) is 18.2 Å². The van der Waals surface area contributed by atoms with E-state index in [0.29, 0.717) is 30.6 Å². The Morgan fingerprint density at radius 3 is 2.70 bits per heavy atom. The molecule has 1 atom stereocenters. The van der Waals surface area contributed by atoms with Crippen LogP contribution in [0.25, 0.3) is 0 Å². The Bertz CT molecular complexity index is 554. The molecule has 2 rings (SSSR count). The molecule has 0 amide bonds. The monoisotopic (exact) mass is 337 g/mol. The molecule has 0 saturated carbocycles. The zero-order valence-electron chi connectivity index (χ0n) is 11.8. The summed E-state index contributed by atoms with van der Waals surface area (Å²) in [5.74, 6) is 2.06. The first-order chi connectivity index (χ1) is 9.60. The van der Waals surface area contributed by atoms with Crippen molar-refractivity contribution in [2.24, 2.45) is 11.7 Å². The number of benzene rings is 1. The predicted octanol–water partition coefficient (Wildman–Crippen LogP) is 3.51. The molecule has 0 aliphatic heterocycles. The Kier molecular flexibility index (Phi) is 5.31. The van der Waals surface area contributed by atoms with Crippen molar-refractivity contribution in [1.82, 2.24) is 10.1 Å². The van der Waals surface area contributed by atoms with Crippen molar-refractivity contribution in [3.63, 3.8) is 0 Å². The van der Waals surface area contributed by atoms with Crippen LogP contribution in [-0.2, 0) is 6.42 Å². The lowest BCUT2D eigenvalue weighted by atomic mass is 9.97. The molecule has 1 aromatic heterocycles. The molecule has 0 fully saturated rings. The summed E-state index contributed by atoms with van der Waals surface area (Å²) in [4.78, 5) is 4.49. The van der Waals surface area contributed by atoms with Crippen LogP contribution in [0, 0.1) is 5.92 Å². The van der Waals surface area contributed by atoms with Crippen LogP contribution in [0.2, 0.25) is 0 Å². The number of nitrogens with two attached hydrogens (primary N) is 1. The van der Waals surface area contributed by atoms with Gasteiger partial charge in [-0.05, 0) is 24.0 Å². The zero-order chi connectivity index (χ0) is 14.5. The largest absolute Gasteiger partial charge is 0.339 e. The van der Waals surface area contributed by atoms with Gasteiger partial charge >= 0.3 is 0 Å². The van der Waals surface area contributed by atoms with Gasteiger partial charge in [0.05, 0.1) is 5.92 Å². The summed E-state index contributed by atoms with van der Waals surface area (Å²) < 4.78 is 6.43. The fourth-order valence-corrected chi connectivity index (χ4v) is 2.61. The molecular formula is C15H20BrN3O. The van der Waals surface area contributed by atoms with Crippen LogP contribution in [0.4, 0.5) is 0 Å². The van der Waals surface area contributed by atoms with Crippen LogP contribution < -0.4 is 5.73 Å². The topological polar surface area (TPSA) is 64.9 Å². The molecule has 1 aromatic carbocycles. The third kappa shape index (κ3) is 3.90. The highest BCUT2D eigenvalue weighted by Crippen LogP contribution is 2.23. The van der Waals surface area contributed by atoms with Crippen LogP contribution >= 0.6 is 15.9 Å². The Hall–Kier alpha value is -1.20. The summed E-state index contributed by atoms with van der Waals surface area (Å²) in [7, 11) is 0. The minimum absolute atomic E-state index is 0.149. The van der Waals surface area contributed by atoms with Crippen molar-refractivity contribution in [2.75, 3.05) is 6.54 Å². The van der Waals surface area contributed by atoms with Crippen LogP contribution in [0.3, 0.4) is 0 Å². The fourth-order valence-electron chi connectivity index (χ4n) is 2.18. The maximum atomic E-state index is 5.80. The van der Waals surface area contributed by atoms with Gasteiger partial charge in [-0.15, -0.1) is 0 Å². The second-order valence-electron chi connectivity index (χ2n) is 5.38. The van der Waals surface area contributed by atoms with Crippen LogP contribution in [-0.4, -0.2) is 16.7 Å². The van der Waals surface area contributed by atoms with Gasteiger partial charge in [-0.1, -0.05) is 53.1 Å². The molecule has 20 heavy (non-hydrogen) atoms. The summed E-state index contributed by atoms with van der Waals surface area (Å²) in [6.07, 6.45) is 1.62. The van der Waals surface area contributed by atoms with Crippen molar-refractivity contribution in [1.29, 1.82) is 0 Å². The summed E-state index contributed by atoms with van der Waals surface area (Å²) in [5, 5.41) is 4.07. The van der Waals surface area contributed by atoms with Gasteiger partial charge < -0.3 is 10.3 Å². The second kappa shape index (κ2) is 6.99. The SMILES string of the molecule is CC(C)CC(CN)c1nc(Cc2ccccc2Br)no1. The van der Waals surface area contributed by atoms with Gasteiger partial charge in [0.15, 0.2) is 5.82 Å². The quantitative estimate of drug-likeness (QED) is 0.875. The average molecular weight is 338 g/mol. The molecule has 0 bridgehead atoms. The number of hydrogen-bond donors (Lipinski definition) is 1. The number of aromatic nitrogens is 2. The molecule has 5 heteroatoms. The van der Waals surface area contributed by atoms with Gasteiger partial charge in [-0.25, -0.2) is 0 Å². The van der Waals surface area contributed by atoms with Crippen LogP contribution in [0.1, 0.15) is 43.5 Å². The molecule has 0 saturated heterocycles. The third-order valence-electron chi connectivity index (χ3n) is 3.18. The molecule has 1 heterocycles. The first kappa shape index (κ1) is 15.2. The minimum atomic E-state index is 0.149. The second-order valence-corrected chi connectivity index (χ2v) is 6.23. The van der Waals surface area contributed by atoms with Gasteiger partial charge in [-0.2, -0.15) is 4.98 Å². The van der Waals surface area contributed by atoms with Gasteiger partial charge in [-0.3, -0.25) is 0 Å². The van der Waals surface area contributed by atoms with E-state index in [1.165, 1.54) is 0 Å². The smallest absolute Gasteiger partial charge is 0.231 e. The molecule has 0 aliphatic carbocycles. The van der Waals surface area contributed by atoms with E-state index in [1.54, 1.807) is 0 Å². The predicted molar refractivity (Wildman–Crippen MR) is 82.5 cm³/mol. The molecule has 0 aliphatic rings. The molecule has 1 unspecified atom stereocenters. The molecular weight excluding hydrogens is 318 g/mol. The maximum absolute atomic E-state index is 5.80. The van der Waals surface area contributed by atoms with E-state index in [0.717, 1.165) is 16.5 Å². The van der Waals surface area contributed by atoms with Crippen molar-refractivity contribution in [3.05, 3.63) is 46.0 Å². The first-order valence-corrected chi connectivity index (χ1v) is 7.65. The highest BCUT2D eigenvalue weighted by Gasteiger charge is 2.19. The van der Waals surface area contributed by atoms with E-state index >= 15 is 0 Å². The lowest BCUT2D eigenvalue weighted by Crippen LogP contribution is -2.15. The van der Waals surface area contributed by atoms with Crippen LogP contribution in [0.15, 0.2) is 33.3 Å². The lowest BCUT2D eigenvalue weighted by molar-refractivity contribution is 0.332. The van der Waals surface area contributed by atoms with Gasteiger partial charge in [0.25, 0.3) is 0 Å². The van der Waals surface area contributed by atoms with Crippen molar-refractivity contribution >= 4 is 15.9 Å². The van der Waals surface area contributed by atoms with E-state index in [9.17, 15) is 0 Å². The number of hydrogen-bond acceptors (Lipinski definition) is 4. The Labute approximate surface area is 127 Å². The van der Waals surface area contributed by atoms with Crippen molar-refractivity contribution in [3.8, 4) is 0 Å². The number of nitrogens with zero attached hydrogens (tertiary/aromatic N) is 2. The van der Waals surface area contributed by atoms with E-state index in [4.69, 9.17) is 10.3 Å². The number of halogens is 1. The summed E-state index contributed by atoms with van der Waals surface area (Å²) in [5.41, 5.74) is 6.95. The summed E-state index contributed by atoms with van der Waals surface area (Å²) in [6, 6.07) is 8.05. The molecule has 0 radical (unpaired) electrons. The van der Waals surface area contributed by atoms with Gasteiger partial charge in [0.1, 0.15) is 0 Å². The van der Waals surface area contributed by atoms with Crippen molar-refractivity contribution in [2.45, 2.75) is 32.6 Å². The fraction of sp³-hybridized carbons (Fsp3) is 0.467. The first-order valence-electron chi connectivity index (χ1n) is 6.86. The van der Waals surface area contributed by atoms with Gasteiger partial charge in [0, 0.05) is 17.4 Å². The normalized spacial score (nSPS) is 12.8. The minimum Gasteiger partial charge on any atom is -0.339 e. The maximum Gasteiger partial charge on any atom is 0.231 e. The molecule has 4 nitrogen and oxygen atoms in total. The third-order valence-corrected chi connectivity index (χ3v) is 3.95. The van der Waals surface area contributed by atoms with Crippen molar-refractivity contribution < 1.29 is 4.52 Å². The molecule has 2 N–H and O–H groups in total. The van der Waals surface area contributed by atoms with E-state index in [2.05, 4.69) is 46.0 Å². The standard InChI is InChI=1S/C15H20BrN3O/c1-10(2)7-12(9-17)15-18-14(19-20-15)8-11-5-3-4-6-13(11)16/h3-6,10,12H,7-9,17H2,1-2H3. The van der Waals surface area contributed by atoms with E-state index in [-0.39, 0.29) is 5.92 Å². The Morgan fingerprint density at radius 2 is 2.05 bits per heavy atom. The number of rotatable bonds is 6. The Balaban J connectivity index is 2.10.